The van der Waals surface area contributed by atoms with E-state index in [-0.39, 0.29) is 0 Å². The third-order valence-corrected chi connectivity index (χ3v) is 5.73. The number of imidazole rings is 1. The van der Waals surface area contributed by atoms with Gasteiger partial charge in [-0.1, -0.05) is 11.6 Å². The van der Waals surface area contributed by atoms with Crippen molar-refractivity contribution in [2.24, 2.45) is 5.92 Å². The highest BCUT2D eigenvalue weighted by Crippen LogP contribution is 2.32. The molecular weight excluding hydrogens is 360 g/mol. The summed E-state index contributed by atoms with van der Waals surface area (Å²) in [4.78, 5) is 9.41. The van der Waals surface area contributed by atoms with Gasteiger partial charge in [0.2, 0.25) is 0 Å². The van der Waals surface area contributed by atoms with Crippen LogP contribution in [0.1, 0.15) is 19.3 Å². The number of benzene rings is 1. The van der Waals surface area contributed by atoms with Crippen LogP contribution in [0.5, 0.6) is 0 Å². The molecule has 1 aliphatic heterocycles. The van der Waals surface area contributed by atoms with Crippen molar-refractivity contribution in [3.05, 3.63) is 47.8 Å². The first-order valence-corrected chi connectivity index (χ1v) is 9.86. The maximum Gasteiger partial charge on any atom is 0.177 e. The molecule has 3 aromatic heterocycles. The molecule has 0 amide bonds. The van der Waals surface area contributed by atoms with E-state index in [0.717, 1.165) is 65.5 Å². The van der Waals surface area contributed by atoms with Crippen molar-refractivity contribution in [3.8, 4) is 11.6 Å². The summed E-state index contributed by atoms with van der Waals surface area (Å²) in [6, 6.07) is 9.74. The van der Waals surface area contributed by atoms with Crippen LogP contribution in [-0.4, -0.2) is 27.6 Å². The lowest BCUT2D eigenvalue weighted by Crippen LogP contribution is -2.28. The Morgan fingerprint density at radius 2 is 2.07 bits per heavy atom. The topological polar surface area (TPSA) is 55.9 Å². The molecule has 1 aliphatic rings. The SMILES string of the molecule is Clc1ccc2c(c1)ncc1nc(-c3ccco3)n(CCC3CCNCC3)c12. The molecule has 1 aromatic carbocycles. The molecule has 5 nitrogen and oxygen atoms in total. The number of nitrogens with zero attached hydrogens (tertiary/aromatic N) is 3. The molecule has 0 spiro atoms. The van der Waals surface area contributed by atoms with Crippen LogP contribution < -0.4 is 5.32 Å². The first-order valence-electron chi connectivity index (χ1n) is 9.49. The van der Waals surface area contributed by atoms with Crippen LogP contribution in [0, 0.1) is 5.92 Å². The van der Waals surface area contributed by atoms with Crippen molar-refractivity contribution in [2.75, 3.05) is 13.1 Å². The van der Waals surface area contributed by atoms with Gasteiger partial charge in [0.15, 0.2) is 11.6 Å². The summed E-state index contributed by atoms with van der Waals surface area (Å²) >= 11 is 6.18. The van der Waals surface area contributed by atoms with Gasteiger partial charge in [-0.25, -0.2) is 4.98 Å². The van der Waals surface area contributed by atoms with Crippen LogP contribution in [-0.2, 0) is 6.54 Å². The maximum absolute atomic E-state index is 6.18. The zero-order valence-electron chi connectivity index (χ0n) is 15.0. The zero-order chi connectivity index (χ0) is 18.2. The third-order valence-electron chi connectivity index (χ3n) is 5.50. The maximum atomic E-state index is 6.18. The van der Waals surface area contributed by atoms with E-state index in [1.165, 1.54) is 12.8 Å². The monoisotopic (exact) mass is 380 g/mol. The smallest absolute Gasteiger partial charge is 0.177 e. The summed E-state index contributed by atoms with van der Waals surface area (Å²) in [6.07, 6.45) is 7.14. The van der Waals surface area contributed by atoms with Crippen LogP contribution in [0.2, 0.25) is 5.02 Å². The van der Waals surface area contributed by atoms with Gasteiger partial charge in [0.25, 0.3) is 0 Å². The summed E-state index contributed by atoms with van der Waals surface area (Å²) < 4.78 is 7.98. The van der Waals surface area contributed by atoms with E-state index in [0.29, 0.717) is 5.02 Å². The van der Waals surface area contributed by atoms with Gasteiger partial charge in [-0.3, -0.25) is 4.98 Å². The number of aromatic nitrogens is 3. The Labute approximate surface area is 162 Å². The average molecular weight is 381 g/mol. The normalized spacial score (nSPS) is 15.7. The average Bonchev–Trinajstić information content (AvgIpc) is 3.34. The number of hydrogen-bond acceptors (Lipinski definition) is 4. The molecule has 138 valence electrons. The van der Waals surface area contributed by atoms with Crippen LogP contribution >= 0.6 is 11.6 Å². The van der Waals surface area contributed by atoms with E-state index in [2.05, 4.69) is 14.9 Å². The first-order chi connectivity index (χ1) is 13.3. The summed E-state index contributed by atoms with van der Waals surface area (Å²) in [6.45, 7) is 3.15. The van der Waals surface area contributed by atoms with E-state index >= 15 is 0 Å². The quantitative estimate of drug-likeness (QED) is 0.547. The molecule has 5 rings (SSSR count). The van der Waals surface area contributed by atoms with Crippen molar-refractivity contribution in [1.82, 2.24) is 19.9 Å². The summed E-state index contributed by atoms with van der Waals surface area (Å²) in [5.41, 5.74) is 2.89. The molecule has 4 aromatic rings. The van der Waals surface area contributed by atoms with Crippen LogP contribution in [0.15, 0.2) is 47.2 Å². The Hall–Kier alpha value is -2.37. The number of aryl methyl sites for hydroxylation is 1. The van der Waals surface area contributed by atoms with Crippen molar-refractivity contribution in [3.63, 3.8) is 0 Å². The summed E-state index contributed by atoms with van der Waals surface area (Å²) in [5.74, 6) is 2.41. The van der Waals surface area contributed by atoms with E-state index in [1.54, 1.807) is 6.26 Å². The number of piperidine rings is 1. The Bertz CT molecular complexity index is 1080. The molecule has 0 radical (unpaired) electrons. The predicted molar refractivity (Wildman–Crippen MR) is 108 cm³/mol. The Balaban J connectivity index is 1.65. The fraction of sp³-hybridized carbons (Fsp3) is 0.333. The second-order valence-electron chi connectivity index (χ2n) is 7.20. The van der Waals surface area contributed by atoms with Gasteiger partial charge in [-0.05, 0) is 68.6 Å². The zero-order valence-corrected chi connectivity index (χ0v) is 15.7. The summed E-state index contributed by atoms with van der Waals surface area (Å²) in [7, 11) is 0. The number of fused-ring (bicyclic) bond motifs is 3. The van der Waals surface area contributed by atoms with E-state index < -0.39 is 0 Å². The van der Waals surface area contributed by atoms with E-state index in [4.69, 9.17) is 21.0 Å². The van der Waals surface area contributed by atoms with Gasteiger partial charge >= 0.3 is 0 Å². The molecule has 0 aliphatic carbocycles. The van der Waals surface area contributed by atoms with Crippen molar-refractivity contribution >= 4 is 33.5 Å². The predicted octanol–water partition coefficient (Wildman–Crippen LogP) is 4.89. The molecule has 1 N–H and O–H groups in total. The fourth-order valence-corrected chi connectivity index (χ4v) is 4.25. The molecule has 1 fully saturated rings. The number of furan rings is 1. The lowest BCUT2D eigenvalue weighted by Gasteiger charge is -2.23. The standard InChI is InChI=1S/C21H21ClN4O/c22-15-3-4-16-17(12-15)24-13-18-20(16)26(10-7-14-5-8-23-9-6-14)21(25-18)19-2-1-11-27-19/h1-4,11-14,23H,5-10H2. The number of rotatable bonds is 4. The molecule has 0 unspecified atom stereocenters. The van der Waals surface area contributed by atoms with Gasteiger partial charge in [0.1, 0.15) is 5.52 Å². The molecule has 0 saturated carbocycles. The molecule has 1 saturated heterocycles. The van der Waals surface area contributed by atoms with Crippen LogP contribution in [0.4, 0.5) is 0 Å². The second-order valence-corrected chi connectivity index (χ2v) is 7.64. The van der Waals surface area contributed by atoms with Gasteiger partial charge in [-0.15, -0.1) is 0 Å². The molecular formula is C21H21ClN4O. The van der Waals surface area contributed by atoms with E-state index in [1.807, 2.05) is 36.5 Å². The second kappa shape index (κ2) is 6.98. The number of pyridine rings is 1. The van der Waals surface area contributed by atoms with Crippen LogP contribution in [0.3, 0.4) is 0 Å². The largest absolute Gasteiger partial charge is 0.461 e. The lowest BCUT2D eigenvalue weighted by atomic mass is 9.94. The van der Waals surface area contributed by atoms with E-state index in [9.17, 15) is 0 Å². The highest BCUT2D eigenvalue weighted by molar-refractivity contribution is 6.31. The highest BCUT2D eigenvalue weighted by atomic mass is 35.5. The Morgan fingerprint density at radius 1 is 1.19 bits per heavy atom. The van der Waals surface area contributed by atoms with Crippen LogP contribution in [0.25, 0.3) is 33.5 Å². The van der Waals surface area contributed by atoms with Gasteiger partial charge in [0.05, 0.1) is 23.5 Å². The number of hydrogen-bond donors (Lipinski definition) is 1. The highest BCUT2D eigenvalue weighted by Gasteiger charge is 2.19. The number of nitrogens with one attached hydrogen (secondary N) is 1. The molecule has 6 heteroatoms. The lowest BCUT2D eigenvalue weighted by molar-refractivity contribution is 0.339. The van der Waals surface area contributed by atoms with Gasteiger partial charge < -0.3 is 14.3 Å². The number of halogens is 1. The van der Waals surface area contributed by atoms with Crippen molar-refractivity contribution in [2.45, 2.75) is 25.8 Å². The molecule has 0 bridgehead atoms. The van der Waals surface area contributed by atoms with Crippen molar-refractivity contribution < 1.29 is 4.42 Å². The van der Waals surface area contributed by atoms with Gasteiger partial charge in [-0.2, -0.15) is 0 Å². The minimum Gasteiger partial charge on any atom is -0.461 e. The van der Waals surface area contributed by atoms with Gasteiger partial charge in [0, 0.05) is 17.0 Å². The fourth-order valence-electron chi connectivity index (χ4n) is 4.08. The Kier molecular flexibility index (Phi) is 4.34. The summed E-state index contributed by atoms with van der Waals surface area (Å²) in [5, 5.41) is 5.22. The minimum absolute atomic E-state index is 0.696. The molecule has 4 heterocycles. The molecule has 0 atom stereocenters. The first kappa shape index (κ1) is 16.8. The minimum atomic E-state index is 0.696. The third kappa shape index (κ3) is 3.11. The molecule has 27 heavy (non-hydrogen) atoms. The Morgan fingerprint density at radius 3 is 2.89 bits per heavy atom. The van der Waals surface area contributed by atoms with Crippen molar-refractivity contribution in [1.29, 1.82) is 0 Å².